The number of amides is 2. The Morgan fingerprint density at radius 2 is 1.88 bits per heavy atom. The van der Waals surface area contributed by atoms with Crippen molar-refractivity contribution in [3.63, 3.8) is 0 Å². The van der Waals surface area contributed by atoms with Crippen molar-refractivity contribution in [1.29, 1.82) is 0 Å². The summed E-state index contributed by atoms with van der Waals surface area (Å²) in [5.74, 6) is -0.219. The lowest BCUT2D eigenvalue weighted by molar-refractivity contribution is -0.117. The van der Waals surface area contributed by atoms with Crippen LogP contribution in [0.4, 0.5) is 11.4 Å². The molecule has 140 valence electrons. The number of hydrogen-bond acceptors (Lipinski definition) is 4. The summed E-state index contributed by atoms with van der Waals surface area (Å²) >= 11 is 0. The number of hydrogen-bond donors (Lipinski definition) is 2. The summed E-state index contributed by atoms with van der Waals surface area (Å²) in [6, 6.07) is 5.38. The molecule has 0 fully saturated rings. The molecule has 1 aromatic carbocycles. The predicted octanol–water partition coefficient (Wildman–Crippen LogP) is 2.89. The van der Waals surface area contributed by atoms with Crippen LogP contribution in [0.3, 0.4) is 0 Å². The van der Waals surface area contributed by atoms with Crippen LogP contribution >= 0.6 is 0 Å². The van der Waals surface area contributed by atoms with Crippen LogP contribution in [0.25, 0.3) is 0 Å². The maximum atomic E-state index is 12.5. The number of nitrogens with one attached hydrogen (secondary N) is 2. The van der Waals surface area contributed by atoms with E-state index in [1.165, 1.54) is 0 Å². The molecule has 0 aliphatic carbocycles. The molecule has 0 saturated heterocycles. The fraction of sp³-hybridized carbons (Fsp3) is 0.579. The summed E-state index contributed by atoms with van der Waals surface area (Å²) in [6.07, 6.45) is 1.17. The molecule has 0 radical (unpaired) electrons. The Labute approximate surface area is 150 Å². The summed E-state index contributed by atoms with van der Waals surface area (Å²) in [5, 5.41) is 5.77. The van der Waals surface area contributed by atoms with Crippen LogP contribution in [-0.2, 0) is 9.53 Å². The second-order valence-electron chi connectivity index (χ2n) is 7.51. The zero-order valence-corrected chi connectivity index (χ0v) is 16.2. The molecule has 0 aliphatic heterocycles. The van der Waals surface area contributed by atoms with Gasteiger partial charge in [0.1, 0.15) is 0 Å². The third kappa shape index (κ3) is 7.56. The molecule has 1 rings (SSSR count). The normalized spacial score (nSPS) is 11.1. The lowest BCUT2D eigenvalue weighted by atomic mass is 9.92. The van der Waals surface area contributed by atoms with Gasteiger partial charge in [0.2, 0.25) is 5.91 Å². The Hall–Kier alpha value is -2.08. The minimum absolute atomic E-state index is 0.0587. The van der Waals surface area contributed by atoms with Crippen LogP contribution in [0, 0.1) is 5.41 Å². The maximum Gasteiger partial charge on any atom is 0.253 e. The number of carbonyl (C=O) groups excluding carboxylic acids is 2. The maximum absolute atomic E-state index is 12.5. The standard InChI is InChI=1S/C19H31N3O3/c1-19(2,3)13-17(23)21-14-8-9-16(22(4)5)15(12-14)18(24)20-10-7-11-25-6/h8-9,12H,7,10-11,13H2,1-6H3,(H,20,24)(H,21,23). The van der Waals surface area contributed by atoms with Gasteiger partial charge in [-0.15, -0.1) is 0 Å². The van der Waals surface area contributed by atoms with Gasteiger partial charge < -0.3 is 20.3 Å². The molecule has 1 aromatic rings. The summed E-state index contributed by atoms with van der Waals surface area (Å²) in [5.41, 5.74) is 1.88. The van der Waals surface area contributed by atoms with Crippen LogP contribution < -0.4 is 15.5 Å². The first-order valence-electron chi connectivity index (χ1n) is 8.52. The highest BCUT2D eigenvalue weighted by Gasteiger charge is 2.18. The minimum Gasteiger partial charge on any atom is -0.385 e. The Balaban J connectivity index is 2.90. The number of benzene rings is 1. The quantitative estimate of drug-likeness (QED) is 0.708. The van der Waals surface area contributed by atoms with Gasteiger partial charge in [0.15, 0.2) is 0 Å². The summed E-state index contributed by atoms with van der Waals surface area (Å²) in [4.78, 5) is 26.5. The third-order valence-corrected chi connectivity index (χ3v) is 3.51. The van der Waals surface area contributed by atoms with E-state index in [0.717, 1.165) is 12.1 Å². The first kappa shape index (κ1) is 21.0. The second-order valence-corrected chi connectivity index (χ2v) is 7.51. The molecule has 2 amide bonds. The highest BCUT2D eigenvalue weighted by Crippen LogP contribution is 2.24. The van der Waals surface area contributed by atoms with Crippen LogP contribution in [0.2, 0.25) is 0 Å². The van der Waals surface area contributed by atoms with Gasteiger partial charge in [-0.1, -0.05) is 20.8 Å². The molecule has 0 spiro atoms. The van der Waals surface area contributed by atoms with Crippen molar-refractivity contribution in [2.24, 2.45) is 5.41 Å². The van der Waals surface area contributed by atoms with Crippen LogP contribution in [0.15, 0.2) is 18.2 Å². The van der Waals surface area contributed by atoms with Gasteiger partial charge >= 0.3 is 0 Å². The van der Waals surface area contributed by atoms with Gasteiger partial charge in [-0.2, -0.15) is 0 Å². The van der Waals surface area contributed by atoms with Crippen molar-refractivity contribution < 1.29 is 14.3 Å². The highest BCUT2D eigenvalue weighted by atomic mass is 16.5. The number of carbonyl (C=O) groups is 2. The number of nitrogens with zero attached hydrogens (tertiary/aromatic N) is 1. The molecule has 0 heterocycles. The van der Waals surface area contributed by atoms with Crippen LogP contribution in [0.1, 0.15) is 44.0 Å². The number of anilines is 2. The van der Waals surface area contributed by atoms with E-state index in [1.807, 2.05) is 51.9 Å². The van der Waals surface area contributed by atoms with E-state index in [4.69, 9.17) is 4.74 Å². The molecule has 0 saturated carbocycles. The van der Waals surface area contributed by atoms with Gasteiger partial charge in [0.25, 0.3) is 5.91 Å². The second kappa shape index (κ2) is 9.42. The summed E-state index contributed by atoms with van der Waals surface area (Å²) in [6.45, 7) is 7.19. The number of methoxy groups -OCH3 is 1. The lowest BCUT2D eigenvalue weighted by Gasteiger charge is -2.20. The highest BCUT2D eigenvalue weighted by molar-refractivity contribution is 6.02. The molecule has 6 heteroatoms. The zero-order chi connectivity index (χ0) is 19.0. The van der Waals surface area contributed by atoms with Gasteiger partial charge in [-0.25, -0.2) is 0 Å². The van der Waals surface area contributed by atoms with E-state index in [2.05, 4.69) is 10.6 Å². The van der Waals surface area contributed by atoms with Gasteiger partial charge in [-0.05, 0) is 30.0 Å². The molecular formula is C19H31N3O3. The Morgan fingerprint density at radius 3 is 2.44 bits per heavy atom. The molecule has 0 bridgehead atoms. The molecule has 0 unspecified atom stereocenters. The van der Waals surface area contributed by atoms with Crippen molar-refractivity contribution in [1.82, 2.24) is 5.32 Å². The van der Waals surface area contributed by atoms with Gasteiger partial charge in [-0.3, -0.25) is 9.59 Å². The van der Waals surface area contributed by atoms with Crippen molar-refractivity contribution in [3.8, 4) is 0 Å². The monoisotopic (exact) mass is 349 g/mol. The average Bonchev–Trinajstić information content (AvgIpc) is 2.49. The predicted molar refractivity (Wildman–Crippen MR) is 102 cm³/mol. The fourth-order valence-electron chi connectivity index (χ4n) is 2.39. The first-order valence-corrected chi connectivity index (χ1v) is 8.52. The minimum atomic E-state index is -0.160. The lowest BCUT2D eigenvalue weighted by Crippen LogP contribution is -2.27. The topological polar surface area (TPSA) is 70.7 Å². The molecule has 0 aromatic heterocycles. The number of ether oxygens (including phenoxy) is 1. The Morgan fingerprint density at radius 1 is 1.20 bits per heavy atom. The largest absolute Gasteiger partial charge is 0.385 e. The summed E-state index contributed by atoms with van der Waals surface area (Å²) in [7, 11) is 5.40. The molecule has 2 N–H and O–H groups in total. The Kier molecular flexibility index (Phi) is 7.90. The summed E-state index contributed by atoms with van der Waals surface area (Å²) < 4.78 is 4.99. The van der Waals surface area contributed by atoms with Crippen LogP contribution in [0.5, 0.6) is 0 Å². The number of rotatable bonds is 8. The average molecular weight is 349 g/mol. The van der Waals surface area contributed by atoms with E-state index in [-0.39, 0.29) is 17.2 Å². The van der Waals surface area contributed by atoms with Crippen molar-refractivity contribution >= 4 is 23.2 Å². The van der Waals surface area contributed by atoms with E-state index < -0.39 is 0 Å². The molecular weight excluding hydrogens is 318 g/mol. The van der Waals surface area contributed by atoms with E-state index in [0.29, 0.717) is 30.8 Å². The van der Waals surface area contributed by atoms with Crippen LogP contribution in [-0.4, -0.2) is 46.2 Å². The molecule has 6 nitrogen and oxygen atoms in total. The smallest absolute Gasteiger partial charge is 0.253 e. The van der Waals surface area contributed by atoms with E-state index >= 15 is 0 Å². The van der Waals surface area contributed by atoms with E-state index in [9.17, 15) is 9.59 Å². The first-order chi connectivity index (χ1) is 11.6. The fourth-order valence-corrected chi connectivity index (χ4v) is 2.39. The van der Waals surface area contributed by atoms with Gasteiger partial charge in [0.05, 0.1) is 5.56 Å². The third-order valence-electron chi connectivity index (χ3n) is 3.51. The van der Waals surface area contributed by atoms with Gasteiger partial charge in [0, 0.05) is 52.2 Å². The van der Waals surface area contributed by atoms with Crippen molar-refractivity contribution in [2.45, 2.75) is 33.6 Å². The molecule has 0 aliphatic rings. The molecule has 0 atom stereocenters. The SMILES string of the molecule is COCCCNC(=O)c1cc(NC(=O)CC(C)(C)C)ccc1N(C)C. The Bertz CT molecular complexity index is 592. The van der Waals surface area contributed by atoms with Crippen molar-refractivity contribution in [3.05, 3.63) is 23.8 Å². The van der Waals surface area contributed by atoms with Crippen molar-refractivity contribution in [2.75, 3.05) is 44.6 Å². The van der Waals surface area contributed by atoms with E-state index in [1.54, 1.807) is 13.2 Å². The zero-order valence-electron chi connectivity index (χ0n) is 16.2. The molecule has 25 heavy (non-hydrogen) atoms.